The van der Waals surface area contributed by atoms with Crippen LogP contribution in [-0.4, -0.2) is 28.6 Å². The van der Waals surface area contributed by atoms with E-state index >= 15 is 0 Å². The van der Waals surface area contributed by atoms with E-state index in [1.807, 2.05) is 0 Å². The van der Waals surface area contributed by atoms with Crippen LogP contribution in [0.1, 0.15) is 59.3 Å². The van der Waals surface area contributed by atoms with Gasteiger partial charge in [0.25, 0.3) is 0 Å². The Balaban J connectivity index is 2.37. The zero-order valence-corrected chi connectivity index (χ0v) is 19.2. The van der Waals surface area contributed by atoms with Crippen molar-refractivity contribution in [3.05, 3.63) is 29.8 Å². The number of hydrogen-bond donors (Lipinski definition) is 0. The van der Waals surface area contributed by atoms with Gasteiger partial charge in [-0.25, -0.2) is 0 Å². The first-order valence-electron chi connectivity index (χ1n) is 9.62. The number of unbranched alkanes of at least 4 members (excludes halogenated alkanes) is 3. The van der Waals surface area contributed by atoms with Crippen LogP contribution in [0.4, 0.5) is 0 Å². The second kappa shape index (κ2) is 10.5. The van der Waals surface area contributed by atoms with E-state index in [4.69, 9.17) is 0 Å². The van der Waals surface area contributed by atoms with E-state index in [0.29, 0.717) is 0 Å². The normalized spacial score (nSPS) is 11.8. The van der Waals surface area contributed by atoms with Crippen molar-refractivity contribution in [2.75, 3.05) is 0 Å². The molecule has 0 bridgehead atoms. The van der Waals surface area contributed by atoms with Crippen molar-refractivity contribution in [2.24, 2.45) is 0 Å². The summed E-state index contributed by atoms with van der Waals surface area (Å²) < 4.78 is 6.08. The molecule has 0 aromatic carbocycles. The van der Waals surface area contributed by atoms with Crippen molar-refractivity contribution >= 4 is 33.3 Å². The fourth-order valence-electron chi connectivity index (χ4n) is 3.55. The Kier molecular flexibility index (Phi) is 8.74. The summed E-state index contributed by atoms with van der Waals surface area (Å²) in [5.41, 5.74) is 1.09. The Morgan fingerprint density at radius 2 is 1.58 bits per heavy atom. The van der Waals surface area contributed by atoms with E-state index in [1.54, 1.807) is 14.9 Å². The molecule has 0 aliphatic rings. The van der Waals surface area contributed by atoms with Gasteiger partial charge < -0.3 is 0 Å². The summed E-state index contributed by atoms with van der Waals surface area (Å²) in [6.07, 6.45) is 10.2. The van der Waals surface area contributed by atoms with Crippen LogP contribution in [0.15, 0.2) is 29.8 Å². The number of thiophene rings is 1. The summed E-state index contributed by atoms with van der Waals surface area (Å²) in [5, 5.41) is 11.0. The summed E-state index contributed by atoms with van der Waals surface area (Å²) in [5.74, 6) is 0. The van der Waals surface area contributed by atoms with Gasteiger partial charge in [0.15, 0.2) is 0 Å². The quantitative estimate of drug-likeness (QED) is 0.377. The standard InChI is InChI=1S/C8H5N2S.3C4H9.Sn/c1-3-7(10-9-5-1)8-4-2-6-11-8;3*1-3-4-2;/h2-6H;3*1,3-4H2,2H3;. The van der Waals surface area contributed by atoms with Gasteiger partial charge >= 0.3 is 156 Å². The van der Waals surface area contributed by atoms with E-state index in [2.05, 4.69) is 60.7 Å². The van der Waals surface area contributed by atoms with E-state index < -0.39 is 18.4 Å². The molecule has 0 spiro atoms. The topological polar surface area (TPSA) is 25.8 Å². The van der Waals surface area contributed by atoms with E-state index in [-0.39, 0.29) is 0 Å². The van der Waals surface area contributed by atoms with Gasteiger partial charge in [0.2, 0.25) is 0 Å². The van der Waals surface area contributed by atoms with Crippen molar-refractivity contribution < 1.29 is 0 Å². The molecule has 2 aromatic rings. The van der Waals surface area contributed by atoms with Crippen molar-refractivity contribution in [3.8, 4) is 10.6 Å². The monoisotopic (exact) mass is 452 g/mol. The molecule has 0 aliphatic heterocycles. The van der Waals surface area contributed by atoms with Gasteiger partial charge in [-0.2, -0.15) is 0 Å². The second-order valence-electron chi connectivity index (χ2n) is 6.90. The molecule has 0 N–H and O–H groups in total. The zero-order valence-electron chi connectivity index (χ0n) is 15.6. The molecular formula is C20H32N2SSn. The molecule has 4 heteroatoms. The first-order valence-corrected chi connectivity index (χ1v) is 18.0. The van der Waals surface area contributed by atoms with Crippen LogP contribution in [-0.2, 0) is 0 Å². The van der Waals surface area contributed by atoms with Crippen LogP contribution in [0, 0.1) is 0 Å². The Hall–Kier alpha value is -0.421. The van der Waals surface area contributed by atoms with Crippen molar-refractivity contribution in [1.29, 1.82) is 0 Å². The molecule has 0 unspecified atom stereocenters. The maximum atomic E-state index is 4.44. The Morgan fingerprint density at radius 3 is 2.08 bits per heavy atom. The predicted molar refractivity (Wildman–Crippen MR) is 110 cm³/mol. The van der Waals surface area contributed by atoms with Crippen LogP contribution in [0.2, 0.25) is 13.3 Å². The third-order valence-corrected chi connectivity index (χ3v) is 21.5. The first kappa shape index (κ1) is 19.9. The summed E-state index contributed by atoms with van der Waals surface area (Å²) in [6, 6.07) is 6.69. The van der Waals surface area contributed by atoms with Gasteiger partial charge in [0.05, 0.1) is 0 Å². The molecule has 0 amide bonds. The van der Waals surface area contributed by atoms with E-state index in [9.17, 15) is 0 Å². The molecule has 0 saturated carbocycles. The molecule has 0 saturated heterocycles. The Bertz CT molecular complexity index is 561. The summed E-state index contributed by atoms with van der Waals surface area (Å²) in [7, 11) is 0. The van der Waals surface area contributed by atoms with Crippen molar-refractivity contribution in [1.82, 2.24) is 10.2 Å². The maximum absolute atomic E-state index is 4.44. The van der Waals surface area contributed by atoms with Crippen LogP contribution in [0.25, 0.3) is 10.6 Å². The molecule has 2 rings (SSSR count). The van der Waals surface area contributed by atoms with Gasteiger partial charge in [-0.15, -0.1) is 0 Å². The molecule has 2 aromatic heterocycles. The third-order valence-electron chi connectivity index (χ3n) is 5.07. The minimum atomic E-state index is -2.38. The Morgan fingerprint density at radius 1 is 0.958 bits per heavy atom. The van der Waals surface area contributed by atoms with Crippen molar-refractivity contribution in [2.45, 2.75) is 72.6 Å². The van der Waals surface area contributed by atoms with Crippen LogP contribution < -0.4 is 3.58 Å². The number of rotatable bonds is 11. The number of aromatic nitrogens is 2. The van der Waals surface area contributed by atoms with Gasteiger partial charge in [-0.3, -0.25) is 0 Å². The van der Waals surface area contributed by atoms with Crippen molar-refractivity contribution in [3.63, 3.8) is 0 Å². The number of nitrogens with zero attached hydrogens (tertiary/aromatic N) is 2. The van der Waals surface area contributed by atoms with Gasteiger partial charge in [0.1, 0.15) is 0 Å². The van der Waals surface area contributed by atoms with Gasteiger partial charge in [-0.1, -0.05) is 0 Å². The van der Waals surface area contributed by atoms with Crippen LogP contribution >= 0.6 is 11.3 Å². The van der Waals surface area contributed by atoms with Crippen LogP contribution in [0.3, 0.4) is 0 Å². The molecule has 0 aliphatic carbocycles. The molecular weight excluding hydrogens is 419 g/mol. The predicted octanol–water partition coefficient (Wildman–Crippen LogP) is 6.26. The van der Waals surface area contributed by atoms with E-state index in [0.717, 1.165) is 5.69 Å². The van der Waals surface area contributed by atoms with Gasteiger partial charge in [-0.05, 0) is 0 Å². The second-order valence-corrected chi connectivity index (χ2v) is 21.1. The molecule has 24 heavy (non-hydrogen) atoms. The molecule has 2 heterocycles. The van der Waals surface area contributed by atoms with Crippen LogP contribution in [0.5, 0.6) is 0 Å². The average Bonchev–Trinajstić information content (AvgIpc) is 3.16. The number of hydrogen-bond acceptors (Lipinski definition) is 3. The Labute approximate surface area is 156 Å². The fraction of sp³-hybridized carbons (Fsp3) is 0.600. The van der Waals surface area contributed by atoms with Gasteiger partial charge in [0, 0.05) is 0 Å². The molecule has 0 fully saturated rings. The minimum absolute atomic E-state index is 1.09. The fourth-order valence-corrected chi connectivity index (χ4v) is 19.9. The summed E-state index contributed by atoms with van der Waals surface area (Å²) >= 11 is -0.607. The summed E-state index contributed by atoms with van der Waals surface area (Å²) in [6.45, 7) is 6.99. The molecule has 0 radical (unpaired) electrons. The SMILES string of the molecule is CCC[CH2][Sn]([CH2]CCC)([CH2]CCC)[c]1cnnc(-c2cccs2)c1. The van der Waals surface area contributed by atoms with E-state index in [1.165, 1.54) is 56.7 Å². The summed E-state index contributed by atoms with van der Waals surface area (Å²) in [4.78, 5) is 1.26. The average molecular weight is 451 g/mol. The zero-order chi connectivity index (χ0) is 17.3. The molecule has 132 valence electrons. The molecule has 2 nitrogen and oxygen atoms in total. The first-order chi connectivity index (χ1) is 11.8. The third kappa shape index (κ3) is 5.29. The molecule has 0 atom stereocenters.